The van der Waals surface area contributed by atoms with Gasteiger partial charge >= 0.3 is 0 Å². The summed E-state index contributed by atoms with van der Waals surface area (Å²) in [4.78, 5) is 0. The Hall–Kier alpha value is -1.49. The molecule has 0 aromatic heterocycles. The SMILES string of the molecule is C#CC(C)c1ccc(F)cc1OC. The molecule has 68 valence electrons. The summed E-state index contributed by atoms with van der Waals surface area (Å²) >= 11 is 0. The number of terminal acetylenes is 1. The van der Waals surface area contributed by atoms with Crippen LogP contribution in [0.1, 0.15) is 18.4 Å². The lowest BCUT2D eigenvalue weighted by Crippen LogP contribution is -1.95. The second-order valence-electron chi connectivity index (χ2n) is 2.77. The van der Waals surface area contributed by atoms with E-state index >= 15 is 0 Å². The largest absolute Gasteiger partial charge is 0.496 e. The molecule has 1 unspecified atom stereocenters. The first-order valence-electron chi connectivity index (χ1n) is 3.98. The monoisotopic (exact) mass is 178 g/mol. The molecule has 13 heavy (non-hydrogen) atoms. The summed E-state index contributed by atoms with van der Waals surface area (Å²) in [6.07, 6.45) is 5.27. The molecule has 0 N–H and O–H groups in total. The zero-order valence-electron chi connectivity index (χ0n) is 7.67. The minimum absolute atomic E-state index is 0.0597. The molecule has 0 fully saturated rings. The maximum absolute atomic E-state index is 12.8. The van der Waals surface area contributed by atoms with Gasteiger partial charge in [0, 0.05) is 17.5 Å². The van der Waals surface area contributed by atoms with Crippen LogP contribution in [-0.2, 0) is 0 Å². The summed E-state index contributed by atoms with van der Waals surface area (Å²) in [6, 6.07) is 4.37. The Labute approximate surface area is 77.5 Å². The Morgan fingerprint density at radius 1 is 1.54 bits per heavy atom. The lowest BCUT2D eigenvalue weighted by Gasteiger charge is -2.10. The molecule has 0 radical (unpaired) electrons. The average Bonchev–Trinajstić information content (AvgIpc) is 2.16. The second-order valence-corrected chi connectivity index (χ2v) is 2.77. The van der Waals surface area contributed by atoms with Gasteiger partial charge in [-0.2, -0.15) is 0 Å². The maximum atomic E-state index is 12.8. The number of hydrogen-bond donors (Lipinski definition) is 0. The highest BCUT2D eigenvalue weighted by molar-refractivity contribution is 5.39. The third-order valence-corrected chi connectivity index (χ3v) is 1.91. The topological polar surface area (TPSA) is 9.23 Å². The fraction of sp³-hybridized carbons (Fsp3) is 0.273. The van der Waals surface area contributed by atoms with Gasteiger partial charge in [0.15, 0.2) is 0 Å². The van der Waals surface area contributed by atoms with Crippen LogP contribution in [0.3, 0.4) is 0 Å². The third kappa shape index (κ3) is 2.00. The first-order chi connectivity index (χ1) is 6.19. The van der Waals surface area contributed by atoms with E-state index in [-0.39, 0.29) is 11.7 Å². The van der Waals surface area contributed by atoms with Gasteiger partial charge in [-0.1, -0.05) is 12.0 Å². The van der Waals surface area contributed by atoms with Gasteiger partial charge in [-0.3, -0.25) is 0 Å². The third-order valence-electron chi connectivity index (χ3n) is 1.91. The number of halogens is 1. The summed E-state index contributed by atoms with van der Waals surface area (Å²) in [5.74, 6) is 2.70. The Morgan fingerprint density at radius 3 is 2.77 bits per heavy atom. The lowest BCUT2D eigenvalue weighted by atomic mass is 10.0. The lowest BCUT2D eigenvalue weighted by molar-refractivity contribution is 0.405. The van der Waals surface area contributed by atoms with Gasteiger partial charge < -0.3 is 4.74 Å². The second kappa shape index (κ2) is 3.95. The summed E-state index contributed by atoms with van der Waals surface area (Å²) in [5, 5.41) is 0. The van der Waals surface area contributed by atoms with Crippen molar-refractivity contribution in [3.63, 3.8) is 0 Å². The molecule has 0 amide bonds. The zero-order valence-corrected chi connectivity index (χ0v) is 7.67. The van der Waals surface area contributed by atoms with Crippen molar-refractivity contribution in [3.8, 4) is 18.1 Å². The molecule has 0 bridgehead atoms. The van der Waals surface area contributed by atoms with E-state index in [1.807, 2.05) is 6.92 Å². The molecule has 0 spiro atoms. The first kappa shape index (κ1) is 9.60. The van der Waals surface area contributed by atoms with E-state index in [4.69, 9.17) is 11.2 Å². The molecule has 0 saturated heterocycles. The van der Waals surface area contributed by atoms with Crippen LogP contribution in [0, 0.1) is 18.2 Å². The van der Waals surface area contributed by atoms with E-state index in [9.17, 15) is 4.39 Å². The predicted octanol–water partition coefficient (Wildman–Crippen LogP) is 2.57. The molecule has 0 saturated carbocycles. The van der Waals surface area contributed by atoms with Crippen LogP contribution in [0.5, 0.6) is 5.75 Å². The molecule has 2 heteroatoms. The zero-order chi connectivity index (χ0) is 9.84. The molecule has 0 aliphatic carbocycles. The van der Waals surface area contributed by atoms with Gasteiger partial charge in [0.25, 0.3) is 0 Å². The van der Waals surface area contributed by atoms with Gasteiger partial charge in [0.05, 0.1) is 7.11 Å². The van der Waals surface area contributed by atoms with Crippen molar-refractivity contribution in [2.24, 2.45) is 0 Å². The van der Waals surface area contributed by atoms with Crippen LogP contribution in [-0.4, -0.2) is 7.11 Å². The van der Waals surface area contributed by atoms with E-state index < -0.39 is 0 Å². The van der Waals surface area contributed by atoms with Crippen LogP contribution in [0.4, 0.5) is 4.39 Å². The molecular weight excluding hydrogens is 167 g/mol. The summed E-state index contributed by atoms with van der Waals surface area (Å²) in [7, 11) is 1.50. The number of ether oxygens (including phenoxy) is 1. The van der Waals surface area contributed by atoms with E-state index in [0.717, 1.165) is 5.56 Å². The highest BCUT2D eigenvalue weighted by Gasteiger charge is 2.09. The molecule has 1 rings (SSSR count). The summed E-state index contributed by atoms with van der Waals surface area (Å²) < 4.78 is 17.8. The van der Waals surface area contributed by atoms with Gasteiger partial charge in [-0.15, -0.1) is 6.42 Å². The number of benzene rings is 1. The number of hydrogen-bond acceptors (Lipinski definition) is 1. The van der Waals surface area contributed by atoms with Crippen LogP contribution in [0.15, 0.2) is 18.2 Å². The van der Waals surface area contributed by atoms with E-state index in [1.54, 1.807) is 6.07 Å². The van der Waals surface area contributed by atoms with Crippen molar-refractivity contribution in [1.29, 1.82) is 0 Å². The predicted molar refractivity (Wildman–Crippen MR) is 50.2 cm³/mol. The van der Waals surface area contributed by atoms with Crippen molar-refractivity contribution in [1.82, 2.24) is 0 Å². The van der Waals surface area contributed by atoms with Gasteiger partial charge in [-0.25, -0.2) is 4.39 Å². The standard InChI is InChI=1S/C11H11FO/c1-4-8(2)10-6-5-9(12)7-11(10)13-3/h1,5-8H,2-3H3. The Morgan fingerprint density at radius 2 is 2.23 bits per heavy atom. The number of methoxy groups -OCH3 is 1. The van der Waals surface area contributed by atoms with Crippen molar-refractivity contribution < 1.29 is 9.13 Å². The highest BCUT2D eigenvalue weighted by atomic mass is 19.1. The van der Waals surface area contributed by atoms with Crippen molar-refractivity contribution in [2.75, 3.05) is 7.11 Å². The Balaban J connectivity index is 3.15. The van der Waals surface area contributed by atoms with E-state index in [2.05, 4.69) is 5.92 Å². The van der Waals surface area contributed by atoms with Crippen LogP contribution >= 0.6 is 0 Å². The number of rotatable bonds is 2. The van der Waals surface area contributed by atoms with Gasteiger partial charge in [0.2, 0.25) is 0 Å². The van der Waals surface area contributed by atoms with Crippen LogP contribution in [0.25, 0.3) is 0 Å². The molecule has 0 aliphatic rings. The van der Waals surface area contributed by atoms with Crippen LogP contribution in [0.2, 0.25) is 0 Å². The first-order valence-corrected chi connectivity index (χ1v) is 3.98. The minimum Gasteiger partial charge on any atom is -0.496 e. The molecular formula is C11H11FO. The molecule has 0 aliphatic heterocycles. The fourth-order valence-corrected chi connectivity index (χ4v) is 1.13. The smallest absolute Gasteiger partial charge is 0.126 e. The van der Waals surface area contributed by atoms with E-state index in [1.165, 1.54) is 19.2 Å². The van der Waals surface area contributed by atoms with E-state index in [0.29, 0.717) is 5.75 Å². The Kier molecular flexibility index (Phi) is 2.92. The quantitative estimate of drug-likeness (QED) is 0.632. The highest BCUT2D eigenvalue weighted by Crippen LogP contribution is 2.26. The molecule has 0 heterocycles. The molecule has 1 nitrogen and oxygen atoms in total. The molecule has 1 aromatic rings. The average molecular weight is 178 g/mol. The minimum atomic E-state index is -0.315. The maximum Gasteiger partial charge on any atom is 0.126 e. The molecule has 1 atom stereocenters. The van der Waals surface area contributed by atoms with Crippen molar-refractivity contribution >= 4 is 0 Å². The fourth-order valence-electron chi connectivity index (χ4n) is 1.13. The molecule has 1 aromatic carbocycles. The van der Waals surface area contributed by atoms with Crippen molar-refractivity contribution in [3.05, 3.63) is 29.6 Å². The summed E-state index contributed by atoms with van der Waals surface area (Å²) in [6.45, 7) is 1.87. The Bertz CT molecular complexity index is 338. The summed E-state index contributed by atoms with van der Waals surface area (Å²) in [5.41, 5.74) is 0.839. The normalized spacial score (nSPS) is 11.8. The van der Waals surface area contributed by atoms with Gasteiger partial charge in [-0.05, 0) is 13.0 Å². The van der Waals surface area contributed by atoms with Crippen molar-refractivity contribution in [2.45, 2.75) is 12.8 Å². The van der Waals surface area contributed by atoms with Crippen LogP contribution < -0.4 is 4.74 Å². The van der Waals surface area contributed by atoms with Gasteiger partial charge in [0.1, 0.15) is 11.6 Å².